The van der Waals surface area contributed by atoms with Crippen molar-refractivity contribution in [3.63, 3.8) is 0 Å². The Balaban J connectivity index is 3.84. The van der Waals surface area contributed by atoms with Crippen molar-refractivity contribution >= 4 is 0 Å². The van der Waals surface area contributed by atoms with Crippen LogP contribution in [0.3, 0.4) is 0 Å². The van der Waals surface area contributed by atoms with E-state index in [1.165, 1.54) is 6.42 Å². The van der Waals surface area contributed by atoms with Crippen LogP contribution in [0, 0.1) is 5.92 Å². The van der Waals surface area contributed by atoms with Gasteiger partial charge in [0, 0.05) is 12.6 Å². The molecular formula is C11H23N. The second kappa shape index (κ2) is 6.24. The normalized spacial score (nSPS) is 13.8. The topological polar surface area (TPSA) is 3.24 Å². The summed E-state index contributed by atoms with van der Waals surface area (Å²) in [7, 11) is 2.21. The van der Waals surface area contributed by atoms with Crippen molar-refractivity contribution in [3.8, 4) is 0 Å². The van der Waals surface area contributed by atoms with Crippen LogP contribution in [0.5, 0.6) is 0 Å². The van der Waals surface area contributed by atoms with Crippen molar-refractivity contribution in [1.29, 1.82) is 0 Å². The molecule has 0 aliphatic carbocycles. The van der Waals surface area contributed by atoms with Crippen LogP contribution in [0.15, 0.2) is 12.7 Å². The maximum absolute atomic E-state index is 3.74. The molecule has 0 aliphatic rings. The lowest BCUT2D eigenvalue weighted by Crippen LogP contribution is -2.35. The Bertz CT molecular complexity index is 118. The molecule has 0 aromatic heterocycles. The number of hydrogen-bond acceptors (Lipinski definition) is 1. The Morgan fingerprint density at radius 2 is 2.00 bits per heavy atom. The van der Waals surface area contributed by atoms with E-state index in [0.29, 0.717) is 0 Å². The predicted octanol–water partition coefficient (Wildman–Crippen LogP) is 2.93. The van der Waals surface area contributed by atoms with Crippen LogP contribution in [0.2, 0.25) is 0 Å². The first kappa shape index (κ1) is 11.7. The molecule has 72 valence electrons. The molecule has 0 radical (unpaired) electrons. The molecule has 0 aliphatic heterocycles. The third-order valence-electron chi connectivity index (χ3n) is 2.44. The lowest BCUT2D eigenvalue weighted by atomic mass is 10.0. The van der Waals surface area contributed by atoms with Gasteiger partial charge in [-0.3, -0.25) is 0 Å². The predicted molar refractivity (Wildman–Crippen MR) is 56.4 cm³/mol. The molecule has 12 heavy (non-hydrogen) atoms. The minimum atomic E-state index is 0.727. The first-order valence-corrected chi connectivity index (χ1v) is 4.94. The zero-order valence-corrected chi connectivity index (χ0v) is 9.01. The van der Waals surface area contributed by atoms with Gasteiger partial charge in [0.25, 0.3) is 0 Å². The van der Waals surface area contributed by atoms with E-state index in [2.05, 4.69) is 39.3 Å². The van der Waals surface area contributed by atoms with Gasteiger partial charge in [-0.1, -0.05) is 26.8 Å². The second-order valence-electron chi connectivity index (χ2n) is 3.78. The lowest BCUT2D eigenvalue weighted by Gasteiger charge is -2.29. The lowest BCUT2D eigenvalue weighted by molar-refractivity contribution is 0.189. The smallest absolute Gasteiger partial charge is 0.0113 e. The van der Waals surface area contributed by atoms with Crippen molar-refractivity contribution in [3.05, 3.63) is 12.7 Å². The fraction of sp³-hybridized carbons (Fsp3) is 0.818. The van der Waals surface area contributed by atoms with E-state index < -0.39 is 0 Å². The molecule has 0 aromatic rings. The Kier molecular flexibility index (Phi) is 6.09. The van der Waals surface area contributed by atoms with Gasteiger partial charge in [0.2, 0.25) is 0 Å². The maximum Gasteiger partial charge on any atom is 0.0113 e. The van der Waals surface area contributed by atoms with E-state index in [9.17, 15) is 0 Å². The molecule has 0 heterocycles. The summed E-state index contributed by atoms with van der Waals surface area (Å²) >= 11 is 0. The average molecular weight is 169 g/mol. The molecule has 0 rings (SSSR count). The zero-order chi connectivity index (χ0) is 9.56. The van der Waals surface area contributed by atoms with Crippen LogP contribution in [-0.4, -0.2) is 24.5 Å². The van der Waals surface area contributed by atoms with Gasteiger partial charge >= 0.3 is 0 Å². The SMILES string of the molecule is C=CCCN(C)C(CC)C(C)C. The minimum Gasteiger partial charge on any atom is -0.303 e. The van der Waals surface area contributed by atoms with Crippen molar-refractivity contribution in [1.82, 2.24) is 4.90 Å². The summed E-state index contributed by atoms with van der Waals surface area (Å²) < 4.78 is 0. The van der Waals surface area contributed by atoms with Crippen LogP contribution in [-0.2, 0) is 0 Å². The maximum atomic E-state index is 3.74. The molecule has 0 saturated heterocycles. The van der Waals surface area contributed by atoms with Crippen molar-refractivity contribution in [2.75, 3.05) is 13.6 Å². The Morgan fingerprint density at radius 1 is 1.42 bits per heavy atom. The number of rotatable bonds is 6. The van der Waals surface area contributed by atoms with Gasteiger partial charge in [0.1, 0.15) is 0 Å². The monoisotopic (exact) mass is 169 g/mol. The van der Waals surface area contributed by atoms with Crippen LogP contribution < -0.4 is 0 Å². The Hall–Kier alpha value is -0.300. The van der Waals surface area contributed by atoms with Gasteiger partial charge in [-0.05, 0) is 25.8 Å². The van der Waals surface area contributed by atoms with E-state index >= 15 is 0 Å². The van der Waals surface area contributed by atoms with Crippen LogP contribution in [0.25, 0.3) is 0 Å². The van der Waals surface area contributed by atoms with E-state index in [1.54, 1.807) is 0 Å². The number of nitrogens with zero attached hydrogens (tertiary/aromatic N) is 1. The van der Waals surface area contributed by atoms with Gasteiger partial charge in [-0.2, -0.15) is 0 Å². The summed E-state index contributed by atoms with van der Waals surface area (Å²) in [5.41, 5.74) is 0. The van der Waals surface area contributed by atoms with Gasteiger partial charge in [-0.15, -0.1) is 6.58 Å². The largest absolute Gasteiger partial charge is 0.303 e. The van der Waals surface area contributed by atoms with E-state index in [4.69, 9.17) is 0 Å². The van der Waals surface area contributed by atoms with Gasteiger partial charge < -0.3 is 4.90 Å². The molecule has 0 amide bonds. The highest BCUT2D eigenvalue weighted by molar-refractivity contribution is 4.74. The quantitative estimate of drug-likeness (QED) is 0.553. The number of hydrogen-bond donors (Lipinski definition) is 0. The van der Waals surface area contributed by atoms with Gasteiger partial charge in [0.15, 0.2) is 0 Å². The zero-order valence-electron chi connectivity index (χ0n) is 9.01. The van der Waals surface area contributed by atoms with Gasteiger partial charge in [-0.25, -0.2) is 0 Å². The first-order chi connectivity index (χ1) is 5.63. The second-order valence-corrected chi connectivity index (χ2v) is 3.78. The summed E-state index contributed by atoms with van der Waals surface area (Å²) in [6.07, 6.45) is 4.33. The molecule has 0 saturated carbocycles. The third kappa shape index (κ3) is 3.91. The summed E-state index contributed by atoms with van der Waals surface area (Å²) in [5, 5.41) is 0. The minimum absolute atomic E-state index is 0.727. The summed E-state index contributed by atoms with van der Waals surface area (Å²) in [4.78, 5) is 2.44. The molecule has 0 aromatic carbocycles. The molecular weight excluding hydrogens is 146 g/mol. The Morgan fingerprint density at radius 3 is 2.33 bits per heavy atom. The highest BCUT2D eigenvalue weighted by Crippen LogP contribution is 2.12. The molecule has 1 atom stereocenters. The van der Waals surface area contributed by atoms with Gasteiger partial charge in [0.05, 0.1) is 0 Å². The molecule has 0 bridgehead atoms. The fourth-order valence-corrected chi connectivity index (χ4v) is 1.75. The van der Waals surface area contributed by atoms with Crippen LogP contribution in [0.1, 0.15) is 33.6 Å². The first-order valence-electron chi connectivity index (χ1n) is 4.94. The van der Waals surface area contributed by atoms with Crippen LogP contribution in [0.4, 0.5) is 0 Å². The standard InChI is InChI=1S/C11H23N/c1-6-8-9-12(5)11(7-2)10(3)4/h6,10-11H,1,7-9H2,2-5H3. The Labute approximate surface area is 77.5 Å². The summed E-state index contributed by atoms with van der Waals surface area (Å²) in [5.74, 6) is 0.754. The third-order valence-corrected chi connectivity index (χ3v) is 2.44. The van der Waals surface area contributed by atoms with E-state index in [1.807, 2.05) is 6.08 Å². The average Bonchev–Trinajstić information content (AvgIpc) is 2.01. The summed E-state index contributed by atoms with van der Waals surface area (Å²) in [6.45, 7) is 11.7. The molecule has 1 heteroatoms. The molecule has 0 spiro atoms. The van der Waals surface area contributed by atoms with Crippen LogP contribution >= 0.6 is 0 Å². The highest BCUT2D eigenvalue weighted by Gasteiger charge is 2.14. The fourth-order valence-electron chi connectivity index (χ4n) is 1.75. The summed E-state index contributed by atoms with van der Waals surface area (Å²) in [6, 6.07) is 0.727. The van der Waals surface area contributed by atoms with Crippen molar-refractivity contribution in [2.45, 2.75) is 39.7 Å². The van der Waals surface area contributed by atoms with Crippen molar-refractivity contribution in [2.24, 2.45) is 5.92 Å². The molecule has 1 unspecified atom stereocenters. The molecule has 0 N–H and O–H groups in total. The molecule has 0 fully saturated rings. The van der Waals surface area contributed by atoms with E-state index in [-0.39, 0.29) is 0 Å². The highest BCUT2D eigenvalue weighted by atomic mass is 15.1. The van der Waals surface area contributed by atoms with Crippen molar-refractivity contribution < 1.29 is 0 Å². The molecule has 1 nitrogen and oxygen atoms in total. The van der Waals surface area contributed by atoms with E-state index in [0.717, 1.165) is 24.9 Å².